The molecule has 0 radical (unpaired) electrons. The molecule has 5 nitrogen and oxygen atoms in total. The Labute approximate surface area is 160 Å². The van der Waals surface area contributed by atoms with E-state index in [9.17, 15) is 9.59 Å². The van der Waals surface area contributed by atoms with E-state index in [-0.39, 0.29) is 17.9 Å². The van der Waals surface area contributed by atoms with Crippen LogP contribution < -0.4 is 10.6 Å². The van der Waals surface area contributed by atoms with Crippen LogP contribution >= 0.6 is 0 Å². The van der Waals surface area contributed by atoms with E-state index in [1.54, 1.807) is 4.90 Å². The first-order valence-corrected chi connectivity index (χ1v) is 9.56. The van der Waals surface area contributed by atoms with Crippen LogP contribution in [0.15, 0.2) is 54.6 Å². The summed E-state index contributed by atoms with van der Waals surface area (Å²) in [5.74, 6) is 0.0914. The Morgan fingerprint density at radius 1 is 1.00 bits per heavy atom. The Hall–Kier alpha value is -2.82. The first-order chi connectivity index (χ1) is 13.1. The number of carbonyl (C=O) groups excluding carboxylic acids is 2. The zero-order valence-electron chi connectivity index (χ0n) is 15.8. The predicted octanol–water partition coefficient (Wildman–Crippen LogP) is 3.60. The molecule has 2 N–H and O–H groups in total. The van der Waals surface area contributed by atoms with Gasteiger partial charge in [0, 0.05) is 31.2 Å². The molecule has 2 aromatic carbocycles. The molecule has 2 aromatic rings. The third-order valence-electron chi connectivity index (χ3n) is 5.01. The monoisotopic (exact) mass is 365 g/mol. The van der Waals surface area contributed by atoms with Crippen molar-refractivity contribution in [1.29, 1.82) is 0 Å². The third kappa shape index (κ3) is 5.58. The minimum absolute atomic E-state index is 0.0100. The highest BCUT2D eigenvalue weighted by Crippen LogP contribution is 2.19. The number of rotatable bonds is 5. The van der Waals surface area contributed by atoms with Crippen LogP contribution in [0.4, 0.5) is 10.5 Å². The van der Waals surface area contributed by atoms with Crippen LogP contribution in [0.5, 0.6) is 0 Å². The fraction of sp³-hybridized carbons (Fsp3) is 0.364. The van der Waals surface area contributed by atoms with Crippen LogP contribution in [0.1, 0.15) is 24.0 Å². The Balaban J connectivity index is 1.39. The van der Waals surface area contributed by atoms with Gasteiger partial charge in [-0.15, -0.1) is 0 Å². The standard InChI is InChI=1S/C22H27N3O2/c1-17-7-9-20(10-8-17)24-22(27)25-15-12-19(13-16-25)21(26)23-14-11-18-5-3-2-4-6-18/h2-10,19H,11-16H2,1H3,(H,23,26)(H,24,27). The summed E-state index contributed by atoms with van der Waals surface area (Å²) < 4.78 is 0. The molecule has 1 saturated heterocycles. The maximum absolute atomic E-state index is 12.4. The molecule has 1 heterocycles. The number of nitrogens with one attached hydrogen (secondary N) is 2. The molecule has 0 unspecified atom stereocenters. The smallest absolute Gasteiger partial charge is 0.321 e. The maximum atomic E-state index is 12.4. The first kappa shape index (κ1) is 19.0. The van der Waals surface area contributed by atoms with Crippen LogP contribution in [-0.4, -0.2) is 36.5 Å². The summed E-state index contributed by atoms with van der Waals surface area (Å²) in [6.07, 6.45) is 2.25. The fourth-order valence-electron chi connectivity index (χ4n) is 3.30. The molecule has 3 rings (SSSR count). The van der Waals surface area contributed by atoms with Gasteiger partial charge in [-0.1, -0.05) is 48.0 Å². The number of amides is 3. The second-order valence-corrected chi connectivity index (χ2v) is 7.08. The van der Waals surface area contributed by atoms with E-state index in [1.807, 2.05) is 49.4 Å². The lowest BCUT2D eigenvalue weighted by Gasteiger charge is -2.31. The second kappa shape index (κ2) is 9.21. The minimum atomic E-state index is -0.0956. The maximum Gasteiger partial charge on any atom is 0.321 e. The van der Waals surface area contributed by atoms with Gasteiger partial charge < -0.3 is 15.5 Å². The molecule has 142 valence electrons. The lowest BCUT2D eigenvalue weighted by molar-refractivity contribution is -0.126. The Bertz CT molecular complexity index is 751. The SMILES string of the molecule is Cc1ccc(NC(=O)N2CCC(C(=O)NCCc3ccccc3)CC2)cc1. The first-order valence-electron chi connectivity index (χ1n) is 9.56. The van der Waals surface area contributed by atoms with Gasteiger partial charge in [0.2, 0.25) is 5.91 Å². The summed E-state index contributed by atoms with van der Waals surface area (Å²) in [5.41, 5.74) is 3.18. The van der Waals surface area contributed by atoms with E-state index in [4.69, 9.17) is 0 Å². The van der Waals surface area contributed by atoms with Gasteiger partial charge in [-0.25, -0.2) is 4.79 Å². The molecule has 3 amide bonds. The van der Waals surface area contributed by atoms with Crippen molar-refractivity contribution in [2.45, 2.75) is 26.2 Å². The fourth-order valence-corrected chi connectivity index (χ4v) is 3.30. The number of likely N-dealkylation sites (tertiary alicyclic amines) is 1. The molecule has 0 spiro atoms. The predicted molar refractivity (Wildman–Crippen MR) is 108 cm³/mol. The number of nitrogens with zero attached hydrogens (tertiary/aromatic N) is 1. The molecule has 5 heteroatoms. The van der Waals surface area contributed by atoms with Crippen LogP contribution in [0, 0.1) is 12.8 Å². The lowest BCUT2D eigenvalue weighted by Crippen LogP contribution is -2.44. The summed E-state index contributed by atoms with van der Waals surface area (Å²) in [7, 11) is 0. The van der Waals surface area contributed by atoms with Crippen molar-refractivity contribution < 1.29 is 9.59 Å². The normalized spacial score (nSPS) is 14.6. The van der Waals surface area contributed by atoms with E-state index in [2.05, 4.69) is 22.8 Å². The van der Waals surface area contributed by atoms with Gasteiger partial charge >= 0.3 is 6.03 Å². The Morgan fingerprint density at radius 3 is 2.33 bits per heavy atom. The number of carbonyl (C=O) groups is 2. The molecule has 0 atom stereocenters. The number of piperidine rings is 1. The largest absolute Gasteiger partial charge is 0.356 e. The lowest BCUT2D eigenvalue weighted by atomic mass is 9.96. The van der Waals surface area contributed by atoms with E-state index in [1.165, 1.54) is 5.56 Å². The van der Waals surface area contributed by atoms with Crippen molar-refractivity contribution in [3.63, 3.8) is 0 Å². The molecular weight excluding hydrogens is 338 g/mol. The van der Waals surface area contributed by atoms with Crippen molar-refractivity contribution in [2.75, 3.05) is 25.0 Å². The second-order valence-electron chi connectivity index (χ2n) is 7.08. The van der Waals surface area contributed by atoms with E-state index >= 15 is 0 Å². The highest BCUT2D eigenvalue weighted by atomic mass is 16.2. The van der Waals surface area contributed by atoms with Crippen LogP contribution in [0.25, 0.3) is 0 Å². The van der Waals surface area contributed by atoms with Crippen LogP contribution in [0.3, 0.4) is 0 Å². The molecular formula is C22H27N3O2. The Kier molecular flexibility index (Phi) is 6.47. The van der Waals surface area contributed by atoms with Crippen LogP contribution in [-0.2, 0) is 11.2 Å². The highest BCUT2D eigenvalue weighted by molar-refractivity contribution is 5.89. The average molecular weight is 365 g/mol. The van der Waals surface area contributed by atoms with E-state index in [0.29, 0.717) is 32.5 Å². The molecule has 1 fully saturated rings. The molecule has 0 bridgehead atoms. The van der Waals surface area contributed by atoms with Gasteiger partial charge in [0.15, 0.2) is 0 Å². The van der Waals surface area contributed by atoms with E-state index < -0.39 is 0 Å². The van der Waals surface area contributed by atoms with Crippen LogP contribution in [0.2, 0.25) is 0 Å². The average Bonchev–Trinajstić information content (AvgIpc) is 2.70. The molecule has 1 aliphatic heterocycles. The van der Waals surface area contributed by atoms with Gasteiger partial charge in [-0.05, 0) is 43.9 Å². The summed E-state index contributed by atoms with van der Waals surface area (Å²) in [6.45, 7) is 3.88. The molecule has 0 aliphatic carbocycles. The quantitative estimate of drug-likeness (QED) is 0.850. The Morgan fingerprint density at radius 2 is 1.67 bits per heavy atom. The number of aryl methyl sites for hydroxylation is 1. The van der Waals surface area contributed by atoms with Crippen molar-refractivity contribution in [3.05, 3.63) is 65.7 Å². The molecule has 1 aliphatic rings. The number of benzene rings is 2. The molecule has 0 aromatic heterocycles. The number of anilines is 1. The van der Waals surface area contributed by atoms with Gasteiger partial charge in [-0.3, -0.25) is 4.79 Å². The van der Waals surface area contributed by atoms with Gasteiger partial charge in [0.25, 0.3) is 0 Å². The van der Waals surface area contributed by atoms with Gasteiger partial charge in [0.1, 0.15) is 0 Å². The molecule has 27 heavy (non-hydrogen) atoms. The van der Waals surface area contributed by atoms with Crippen molar-refractivity contribution in [1.82, 2.24) is 10.2 Å². The van der Waals surface area contributed by atoms with Gasteiger partial charge in [-0.2, -0.15) is 0 Å². The molecule has 0 saturated carbocycles. The summed E-state index contributed by atoms with van der Waals surface area (Å²) >= 11 is 0. The van der Waals surface area contributed by atoms with E-state index in [0.717, 1.165) is 17.7 Å². The van der Waals surface area contributed by atoms with Crippen molar-refractivity contribution in [2.24, 2.45) is 5.92 Å². The summed E-state index contributed by atoms with van der Waals surface area (Å²) in [5, 5.41) is 5.95. The van der Waals surface area contributed by atoms with Gasteiger partial charge in [0.05, 0.1) is 0 Å². The number of hydrogen-bond donors (Lipinski definition) is 2. The van der Waals surface area contributed by atoms with Crippen molar-refractivity contribution in [3.8, 4) is 0 Å². The zero-order valence-corrected chi connectivity index (χ0v) is 15.8. The minimum Gasteiger partial charge on any atom is -0.356 e. The summed E-state index contributed by atoms with van der Waals surface area (Å²) in [6, 6.07) is 17.8. The summed E-state index contributed by atoms with van der Waals surface area (Å²) in [4.78, 5) is 26.5. The zero-order chi connectivity index (χ0) is 19.1. The number of urea groups is 1. The third-order valence-corrected chi connectivity index (χ3v) is 5.01. The highest BCUT2D eigenvalue weighted by Gasteiger charge is 2.27. The van der Waals surface area contributed by atoms with Crippen molar-refractivity contribution >= 4 is 17.6 Å². The number of hydrogen-bond acceptors (Lipinski definition) is 2. The topological polar surface area (TPSA) is 61.4 Å².